The van der Waals surface area contributed by atoms with Crippen molar-refractivity contribution in [1.82, 2.24) is 4.90 Å². The number of ether oxygens (including phenoxy) is 16. The minimum absolute atomic E-state index is 0.554. The number of nitrogens with zero attached hydrogens (tertiary/aromatic N) is 1. The van der Waals surface area contributed by atoms with Crippen molar-refractivity contribution in [2.45, 2.75) is 199 Å². The number of carbonyl (C=O) groups excluding carboxylic acids is 17. The van der Waals surface area contributed by atoms with Crippen LogP contribution >= 0.6 is 127 Å². The van der Waals surface area contributed by atoms with Crippen LogP contribution in [0.4, 0.5) is 0 Å². The molecule has 0 aromatic heterocycles. The number of halogens is 8. The zero-order chi connectivity index (χ0) is 91.3. The molecule has 0 aromatic rings. The highest BCUT2D eigenvalue weighted by Crippen LogP contribution is 2.45. The highest BCUT2D eigenvalue weighted by atomic mass is 79.9. The van der Waals surface area contributed by atoms with E-state index in [9.17, 15) is 71.9 Å². The van der Waals surface area contributed by atoms with Crippen LogP contribution in [-0.2, 0) is 157 Å². The number of carbonyl (C=O) groups is 17. The first kappa shape index (κ1) is 107. The summed E-state index contributed by atoms with van der Waals surface area (Å²) in [7, 11) is 0. The summed E-state index contributed by atoms with van der Waals surface area (Å²) in [4.78, 5) is 238. The van der Waals surface area contributed by atoms with Crippen molar-refractivity contribution >= 4 is 229 Å². The predicted octanol–water partition coefficient (Wildman–Crippen LogP) is 9.11. The molecule has 3 aliphatic heterocycles. The average molecular weight is 2200 g/mol. The molecule has 3 heterocycles. The van der Waals surface area contributed by atoms with E-state index in [1.165, 1.54) is 138 Å². The maximum Gasteiger partial charge on any atom is 0.322 e. The molecule has 3 aliphatic rings. The third kappa shape index (κ3) is 30.9. The van der Waals surface area contributed by atoms with Gasteiger partial charge in [0.15, 0.2) is 0 Å². The number of esters is 15. The Kier molecular flexibility index (Phi) is 37.6. The number of amides is 2. The Morgan fingerprint density at radius 2 is 0.441 bits per heavy atom. The van der Waals surface area contributed by atoms with Gasteiger partial charge in [-0.2, -0.15) is 0 Å². The maximum absolute atomic E-state index is 15.2. The van der Waals surface area contributed by atoms with E-state index in [1.807, 2.05) is 0 Å². The van der Waals surface area contributed by atoms with Gasteiger partial charge in [0, 0.05) is 0 Å². The van der Waals surface area contributed by atoms with E-state index >= 15 is 9.59 Å². The number of alkyl halides is 8. The van der Waals surface area contributed by atoms with Gasteiger partial charge < -0.3 is 75.8 Å². The van der Waals surface area contributed by atoms with E-state index in [-0.39, 0.29) is 0 Å². The Bertz CT molecular complexity index is 3280. The molecule has 2 amide bonds. The van der Waals surface area contributed by atoms with Crippen LogP contribution in [0.1, 0.15) is 152 Å². The minimum Gasteiger partial charge on any atom is -0.464 e. The molecule has 0 saturated carbocycles. The largest absolute Gasteiger partial charge is 0.464 e. The lowest BCUT2D eigenvalue weighted by Gasteiger charge is -2.33. The lowest BCUT2D eigenvalue weighted by Crippen LogP contribution is -2.48. The molecular weight excluding hydrogens is 2090 g/mol. The number of hydrogen-bond acceptors (Lipinski definition) is 33. The van der Waals surface area contributed by atoms with E-state index in [1.54, 1.807) is 12.2 Å². The van der Waals surface area contributed by atoms with Crippen LogP contribution in [0.25, 0.3) is 0 Å². The fraction of sp³-hybridized carbons (Fsp3) is 0.750. The minimum atomic E-state index is -2.50. The van der Waals surface area contributed by atoms with Crippen molar-refractivity contribution in [3.63, 3.8) is 0 Å². The number of imide groups is 1. The Balaban J connectivity index is 2.35. The zero-order valence-electron chi connectivity index (χ0n) is 69.8. The molecule has 668 valence electrons. The summed E-state index contributed by atoms with van der Waals surface area (Å²) in [5.41, 5.74) is -13.5. The second-order valence-corrected chi connectivity index (χ2v) is 50.3. The van der Waals surface area contributed by atoms with Crippen molar-refractivity contribution in [3.05, 3.63) is 12.2 Å². The highest BCUT2D eigenvalue weighted by molar-refractivity contribution is 9.11. The topological polar surface area (TPSA) is 441 Å². The normalized spacial score (nSPS) is 17.0. The van der Waals surface area contributed by atoms with E-state index in [2.05, 4.69) is 127 Å². The Morgan fingerprint density at radius 1 is 0.280 bits per heavy atom. The summed E-state index contributed by atoms with van der Waals surface area (Å²) in [6, 6.07) is 0. The molecule has 3 rings (SSSR count). The van der Waals surface area contributed by atoms with Crippen molar-refractivity contribution in [2.24, 2.45) is 50.2 Å². The molecule has 0 spiro atoms. The summed E-state index contributed by atoms with van der Waals surface area (Å²) in [6.07, 6.45) is 1.85. The monoisotopic (exact) mass is 2190 g/mol. The van der Waals surface area contributed by atoms with Crippen LogP contribution in [0, 0.1) is 50.2 Å². The molecule has 4 unspecified atom stereocenters. The van der Waals surface area contributed by atoms with Crippen LogP contribution in [0.5, 0.6) is 0 Å². The summed E-state index contributed by atoms with van der Waals surface area (Å²) in [6.45, 7) is 14.5. The van der Waals surface area contributed by atoms with Gasteiger partial charge in [-0.25, -0.2) is 0 Å². The van der Waals surface area contributed by atoms with E-state index < -0.39 is 304 Å². The van der Waals surface area contributed by atoms with Gasteiger partial charge >= 0.3 is 89.5 Å². The SMILES string of the molecule is CC(C)(Br)C(=O)OCC(C)(COC(=O)C(C)(C)Br)C(=O)OCC(C)(COC(=O)C(C)(COC(=O)C(C)(C)Br)COC(=O)C(C)(C)Br)C(=O)OCC(COC(=O)C(C)(COC(=O)C(C)(COC(=O)C(C)(C)Br)COC(=O)C(C)(C)Br)COC(=O)C(C)(COC(=O)C(C)(C)Br)COC(=O)C(C)(C)Br)C(=O)OCCN1C(=O)C2C3C=CC(O3)C2C1=O. The van der Waals surface area contributed by atoms with Gasteiger partial charge in [0.1, 0.15) is 172 Å². The third-order valence-electron chi connectivity index (χ3n) is 17.8. The summed E-state index contributed by atoms with van der Waals surface area (Å²) in [5.74, 6) is -22.0. The number of rotatable bonds is 46. The van der Waals surface area contributed by atoms with Crippen LogP contribution in [-0.4, -0.2) is 259 Å². The van der Waals surface area contributed by atoms with Crippen LogP contribution in [0.2, 0.25) is 0 Å². The highest BCUT2D eigenvalue weighted by Gasteiger charge is 2.61. The molecule has 34 nitrogen and oxygen atoms in total. The standard InChI is InChI=1S/C76H105Br8NO33/c1-63(2,77)49(89)106-29-73(19,30-107-50(90)64(3,4)78)59(99)114-37-71(17,38-115-60(100)74(20,31-108-51(91)65(5,6)79)32-109-52(92)66(7,8)80)57(97)104-27-41(48(88)103-26-25-85-46(86)44-42-23-24-43(118-42)45(44)47(85)87)28-105-58(98)72(18,39-116-61(101)75(21,33-110-53(93)67(9,10)81)34-111-54(94)68(11,12)82)40-117-62(102)76(22,35-112-55(95)69(13,14)83)36-113-56(96)70(15,16)84/h23-24,41-45H,25-40H2,1-22H3. The number of fused-ring (bicyclic) bond motifs is 5. The number of hydrogen-bond donors (Lipinski definition) is 0. The molecule has 2 saturated heterocycles. The van der Waals surface area contributed by atoms with Gasteiger partial charge in [0.2, 0.25) is 11.8 Å². The lowest BCUT2D eigenvalue weighted by atomic mass is 9.85. The molecule has 42 heteroatoms. The predicted molar refractivity (Wildman–Crippen MR) is 442 cm³/mol. The molecule has 0 aromatic carbocycles. The zero-order valence-corrected chi connectivity index (χ0v) is 82.5. The molecule has 4 atom stereocenters. The van der Waals surface area contributed by atoms with Gasteiger partial charge in [-0.3, -0.25) is 86.4 Å². The first-order valence-corrected chi connectivity index (χ1v) is 42.9. The van der Waals surface area contributed by atoms with Crippen molar-refractivity contribution in [2.75, 3.05) is 106 Å². The smallest absolute Gasteiger partial charge is 0.322 e. The lowest BCUT2D eigenvalue weighted by molar-refractivity contribution is -0.185. The Hall–Kier alpha value is -5.27. The Labute approximate surface area is 752 Å². The molecule has 0 radical (unpaired) electrons. The van der Waals surface area contributed by atoms with Crippen molar-refractivity contribution < 1.29 is 157 Å². The fourth-order valence-corrected chi connectivity index (χ4v) is 10.5. The second kappa shape index (κ2) is 41.5. The van der Waals surface area contributed by atoms with Gasteiger partial charge in [-0.05, 0) is 152 Å². The van der Waals surface area contributed by atoms with Gasteiger partial charge in [-0.15, -0.1) is 0 Å². The fourth-order valence-electron chi connectivity index (χ4n) is 9.55. The van der Waals surface area contributed by atoms with Gasteiger partial charge in [0.25, 0.3) is 0 Å². The summed E-state index contributed by atoms with van der Waals surface area (Å²) >= 11 is 25.5. The van der Waals surface area contributed by atoms with Crippen LogP contribution < -0.4 is 0 Å². The average Bonchev–Trinajstić information content (AvgIpc) is 1.57. The van der Waals surface area contributed by atoms with Crippen LogP contribution in [0.3, 0.4) is 0 Å². The third-order valence-corrected chi connectivity index (χ3v) is 20.4. The van der Waals surface area contributed by atoms with Gasteiger partial charge in [-0.1, -0.05) is 140 Å². The van der Waals surface area contributed by atoms with Crippen molar-refractivity contribution in [1.29, 1.82) is 0 Å². The quantitative estimate of drug-likeness (QED) is 0.0180. The van der Waals surface area contributed by atoms with Crippen LogP contribution in [0.15, 0.2) is 12.2 Å². The molecule has 2 bridgehead atoms. The van der Waals surface area contributed by atoms with Gasteiger partial charge in [0.05, 0.1) is 30.6 Å². The first-order valence-electron chi connectivity index (χ1n) is 36.5. The van der Waals surface area contributed by atoms with E-state index in [0.717, 1.165) is 18.7 Å². The summed E-state index contributed by atoms with van der Waals surface area (Å²) < 4.78 is 79.5. The Morgan fingerprint density at radius 3 is 0.610 bits per heavy atom. The molecule has 2 fully saturated rings. The van der Waals surface area contributed by atoms with E-state index in [0.29, 0.717) is 0 Å². The maximum atomic E-state index is 15.2. The molecule has 118 heavy (non-hydrogen) atoms. The first-order chi connectivity index (χ1) is 53.2. The second-order valence-electron chi connectivity index (χ2n) is 34.4. The van der Waals surface area contributed by atoms with Crippen molar-refractivity contribution in [3.8, 4) is 0 Å². The number of likely N-dealkylation sites (tertiary alicyclic amines) is 1. The molecule has 0 aliphatic carbocycles. The van der Waals surface area contributed by atoms with E-state index in [4.69, 9.17) is 75.8 Å². The molecule has 0 N–H and O–H groups in total. The summed E-state index contributed by atoms with van der Waals surface area (Å²) in [5, 5.41) is 0. The molecular formula is C76H105Br8NO33.